The Labute approximate surface area is 110 Å². The van der Waals surface area contributed by atoms with Gasteiger partial charge in [-0.3, -0.25) is 4.98 Å². The number of anilines is 1. The van der Waals surface area contributed by atoms with Crippen LogP contribution < -0.4 is 5.73 Å². The van der Waals surface area contributed by atoms with Crippen LogP contribution in [0.4, 0.5) is 10.1 Å². The molecule has 2 N–H and O–H groups in total. The Morgan fingerprint density at radius 2 is 2.22 bits per heavy atom. The third-order valence-corrected chi connectivity index (χ3v) is 3.77. The average molecular weight is 263 g/mol. The number of aromatic nitrogens is 1. The smallest absolute Gasteiger partial charge is 0.125 e. The van der Waals surface area contributed by atoms with Crippen LogP contribution in [0.5, 0.6) is 0 Å². The molecule has 18 heavy (non-hydrogen) atoms. The minimum atomic E-state index is -0.353. The Kier molecular flexibility index (Phi) is 2.71. The van der Waals surface area contributed by atoms with Crippen molar-refractivity contribution < 1.29 is 4.39 Å². The van der Waals surface area contributed by atoms with Crippen LogP contribution in [0.1, 0.15) is 29.2 Å². The summed E-state index contributed by atoms with van der Waals surface area (Å²) in [6.07, 6.45) is 3.60. The molecule has 0 spiro atoms. The Hall–Kier alpha value is -1.61. The number of hydrogen-bond donors (Lipinski definition) is 1. The molecule has 4 heteroatoms. The summed E-state index contributed by atoms with van der Waals surface area (Å²) in [5, 5.41) is 0.273. The number of hydrogen-bond acceptors (Lipinski definition) is 2. The maximum atomic E-state index is 13.5. The van der Waals surface area contributed by atoms with Crippen molar-refractivity contribution >= 4 is 17.3 Å². The van der Waals surface area contributed by atoms with Gasteiger partial charge in [0.15, 0.2) is 0 Å². The molecule has 0 bridgehead atoms. The minimum absolute atomic E-state index is 0.0504. The van der Waals surface area contributed by atoms with Gasteiger partial charge in [0.2, 0.25) is 0 Å². The van der Waals surface area contributed by atoms with Crippen molar-refractivity contribution in [3.63, 3.8) is 0 Å². The van der Waals surface area contributed by atoms with Crippen LogP contribution in [-0.2, 0) is 6.42 Å². The van der Waals surface area contributed by atoms with Gasteiger partial charge in [0.05, 0.1) is 16.4 Å². The lowest BCUT2D eigenvalue weighted by molar-refractivity contribution is 0.622. The molecular formula is C14H12ClFN2. The van der Waals surface area contributed by atoms with Crippen molar-refractivity contribution in [2.75, 3.05) is 5.73 Å². The van der Waals surface area contributed by atoms with E-state index < -0.39 is 0 Å². The quantitative estimate of drug-likeness (QED) is 0.799. The summed E-state index contributed by atoms with van der Waals surface area (Å²) >= 11 is 5.94. The summed E-state index contributed by atoms with van der Waals surface area (Å²) in [6.45, 7) is 0. The lowest BCUT2D eigenvalue weighted by Crippen LogP contribution is -2.04. The molecule has 1 aliphatic rings. The minimum Gasteiger partial charge on any atom is -0.397 e. The monoisotopic (exact) mass is 262 g/mol. The van der Waals surface area contributed by atoms with Crippen molar-refractivity contribution in [1.29, 1.82) is 0 Å². The van der Waals surface area contributed by atoms with Gasteiger partial charge < -0.3 is 5.73 Å². The Balaban J connectivity index is 2.13. The van der Waals surface area contributed by atoms with E-state index in [0.717, 1.165) is 24.1 Å². The van der Waals surface area contributed by atoms with E-state index in [1.54, 1.807) is 6.20 Å². The number of halogens is 2. The molecule has 1 aromatic heterocycles. The zero-order valence-corrected chi connectivity index (χ0v) is 10.4. The molecular weight excluding hydrogens is 251 g/mol. The van der Waals surface area contributed by atoms with Crippen molar-refractivity contribution in [3.8, 4) is 0 Å². The molecule has 1 aromatic carbocycles. The molecule has 0 radical (unpaired) electrons. The molecule has 1 unspecified atom stereocenters. The van der Waals surface area contributed by atoms with Crippen molar-refractivity contribution in [2.24, 2.45) is 0 Å². The van der Waals surface area contributed by atoms with E-state index in [9.17, 15) is 4.39 Å². The zero-order chi connectivity index (χ0) is 12.7. The predicted octanol–water partition coefficient (Wildman–Crippen LogP) is 3.53. The third kappa shape index (κ3) is 1.75. The second-order valence-electron chi connectivity index (χ2n) is 4.53. The van der Waals surface area contributed by atoms with Crippen molar-refractivity contribution in [3.05, 3.63) is 58.1 Å². The Bertz CT molecular complexity index is 613. The summed E-state index contributed by atoms with van der Waals surface area (Å²) in [5.41, 5.74) is 9.37. The molecule has 92 valence electrons. The van der Waals surface area contributed by atoms with Gasteiger partial charge in [-0.2, -0.15) is 0 Å². The molecule has 0 aliphatic heterocycles. The molecule has 3 rings (SSSR count). The maximum absolute atomic E-state index is 13.5. The first-order chi connectivity index (χ1) is 8.66. The van der Waals surface area contributed by atoms with Gasteiger partial charge in [-0.05, 0) is 42.2 Å². The second-order valence-corrected chi connectivity index (χ2v) is 4.94. The maximum Gasteiger partial charge on any atom is 0.125 e. The SMILES string of the molecule is Nc1c(Cl)cc(F)cc1C1CCc2cccnc21. The van der Waals surface area contributed by atoms with Gasteiger partial charge in [-0.1, -0.05) is 17.7 Å². The van der Waals surface area contributed by atoms with Crippen LogP contribution in [-0.4, -0.2) is 4.98 Å². The average Bonchev–Trinajstić information content (AvgIpc) is 2.77. The Morgan fingerprint density at radius 1 is 1.39 bits per heavy atom. The number of nitrogen functional groups attached to an aromatic ring is 1. The fourth-order valence-corrected chi connectivity index (χ4v) is 2.82. The van der Waals surface area contributed by atoms with E-state index in [-0.39, 0.29) is 16.8 Å². The first kappa shape index (κ1) is 11.5. The number of aryl methyl sites for hydroxylation is 1. The standard InChI is InChI=1S/C14H12ClFN2/c15-12-7-9(16)6-11(13(12)17)10-4-3-8-2-1-5-18-14(8)10/h1-2,5-7,10H,3-4,17H2. The van der Waals surface area contributed by atoms with E-state index >= 15 is 0 Å². The molecule has 0 amide bonds. The number of fused-ring (bicyclic) bond motifs is 1. The van der Waals surface area contributed by atoms with Gasteiger partial charge >= 0.3 is 0 Å². The number of nitrogens with two attached hydrogens (primary N) is 1. The topological polar surface area (TPSA) is 38.9 Å². The van der Waals surface area contributed by atoms with Crippen molar-refractivity contribution in [1.82, 2.24) is 4.98 Å². The van der Waals surface area contributed by atoms with Gasteiger partial charge in [-0.15, -0.1) is 0 Å². The molecule has 2 nitrogen and oxygen atoms in total. The number of nitrogens with zero attached hydrogens (tertiary/aromatic N) is 1. The van der Waals surface area contributed by atoms with Crippen LogP contribution in [0, 0.1) is 5.82 Å². The van der Waals surface area contributed by atoms with E-state index in [4.69, 9.17) is 17.3 Å². The summed E-state index contributed by atoms with van der Waals surface area (Å²) < 4.78 is 13.5. The van der Waals surface area contributed by atoms with Crippen LogP contribution in [0.15, 0.2) is 30.5 Å². The van der Waals surface area contributed by atoms with Crippen LogP contribution in [0.25, 0.3) is 0 Å². The fraction of sp³-hybridized carbons (Fsp3) is 0.214. The first-order valence-corrected chi connectivity index (χ1v) is 6.23. The molecule has 1 aliphatic carbocycles. The third-order valence-electron chi connectivity index (χ3n) is 3.46. The summed E-state index contributed by atoms with van der Waals surface area (Å²) in [5.74, 6) is -0.303. The van der Waals surface area contributed by atoms with Gasteiger partial charge in [-0.25, -0.2) is 4.39 Å². The van der Waals surface area contributed by atoms with Crippen LogP contribution in [0.3, 0.4) is 0 Å². The zero-order valence-electron chi connectivity index (χ0n) is 9.66. The summed E-state index contributed by atoms with van der Waals surface area (Å²) in [6, 6.07) is 6.69. The largest absolute Gasteiger partial charge is 0.397 e. The van der Waals surface area contributed by atoms with Gasteiger partial charge in [0, 0.05) is 12.1 Å². The van der Waals surface area contributed by atoms with Crippen LogP contribution in [0.2, 0.25) is 5.02 Å². The molecule has 0 saturated carbocycles. The number of benzene rings is 1. The first-order valence-electron chi connectivity index (χ1n) is 5.85. The van der Waals surface area contributed by atoms with E-state index in [2.05, 4.69) is 11.1 Å². The highest BCUT2D eigenvalue weighted by Crippen LogP contribution is 2.41. The highest BCUT2D eigenvalue weighted by atomic mass is 35.5. The van der Waals surface area contributed by atoms with E-state index in [1.807, 2.05) is 6.07 Å². The Morgan fingerprint density at radius 3 is 3.06 bits per heavy atom. The molecule has 1 heterocycles. The second kappa shape index (κ2) is 4.25. The molecule has 2 aromatic rings. The van der Waals surface area contributed by atoms with Gasteiger partial charge in [0.1, 0.15) is 5.82 Å². The summed E-state index contributed by atoms with van der Waals surface area (Å²) in [4.78, 5) is 4.40. The lowest BCUT2D eigenvalue weighted by atomic mass is 9.95. The summed E-state index contributed by atoms with van der Waals surface area (Å²) in [7, 11) is 0. The highest BCUT2D eigenvalue weighted by molar-refractivity contribution is 6.33. The normalized spacial score (nSPS) is 17.8. The fourth-order valence-electron chi connectivity index (χ4n) is 2.61. The number of rotatable bonds is 1. The lowest BCUT2D eigenvalue weighted by Gasteiger charge is -2.15. The van der Waals surface area contributed by atoms with E-state index in [1.165, 1.54) is 17.7 Å². The van der Waals surface area contributed by atoms with Crippen molar-refractivity contribution in [2.45, 2.75) is 18.8 Å². The molecule has 1 atom stereocenters. The van der Waals surface area contributed by atoms with Crippen LogP contribution >= 0.6 is 11.6 Å². The molecule has 0 saturated heterocycles. The molecule has 0 fully saturated rings. The van der Waals surface area contributed by atoms with Gasteiger partial charge in [0.25, 0.3) is 0 Å². The predicted molar refractivity (Wildman–Crippen MR) is 70.2 cm³/mol. The van der Waals surface area contributed by atoms with E-state index in [0.29, 0.717) is 5.69 Å². The highest BCUT2D eigenvalue weighted by Gasteiger charge is 2.27. The number of pyridine rings is 1.